The molecule has 3 heterocycles. The minimum Gasteiger partial charge on any atom is -0.354 e. The number of hydrogen-bond donors (Lipinski definition) is 1. The summed E-state index contributed by atoms with van der Waals surface area (Å²) in [6.07, 6.45) is 5.99. The van der Waals surface area contributed by atoms with Gasteiger partial charge in [-0.05, 0) is 56.9 Å². The minimum absolute atomic E-state index is 0.0555. The summed E-state index contributed by atoms with van der Waals surface area (Å²) in [5.74, 6) is 0.0555. The van der Waals surface area contributed by atoms with Crippen LogP contribution in [0.3, 0.4) is 0 Å². The average molecular weight is 374 g/mol. The maximum Gasteiger partial charge on any atom is 0.257 e. The number of benzene rings is 1. The van der Waals surface area contributed by atoms with Gasteiger partial charge in [-0.2, -0.15) is 0 Å². The molecule has 1 aromatic carbocycles. The molecule has 0 spiro atoms. The van der Waals surface area contributed by atoms with E-state index in [-0.39, 0.29) is 5.91 Å². The van der Waals surface area contributed by atoms with Crippen LogP contribution in [0, 0.1) is 6.92 Å². The van der Waals surface area contributed by atoms with Crippen molar-refractivity contribution in [2.24, 2.45) is 0 Å². The highest BCUT2D eigenvalue weighted by Crippen LogP contribution is 2.31. The van der Waals surface area contributed by atoms with Crippen LogP contribution in [0.25, 0.3) is 11.0 Å². The third kappa shape index (κ3) is 3.57. The van der Waals surface area contributed by atoms with E-state index in [9.17, 15) is 4.79 Å². The molecule has 1 saturated heterocycles. The van der Waals surface area contributed by atoms with Crippen molar-refractivity contribution in [3.05, 3.63) is 59.9 Å². The van der Waals surface area contributed by atoms with Crippen molar-refractivity contribution in [1.82, 2.24) is 14.9 Å². The third-order valence-electron chi connectivity index (χ3n) is 5.50. The molecule has 1 fully saturated rings. The lowest BCUT2D eigenvalue weighted by Gasteiger charge is -2.35. The summed E-state index contributed by atoms with van der Waals surface area (Å²) in [5.41, 5.74) is 3.90. The van der Waals surface area contributed by atoms with Gasteiger partial charge in [-0.3, -0.25) is 4.79 Å². The van der Waals surface area contributed by atoms with Crippen LogP contribution in [0.4, 0.5) is 11.4 Å². The summed E-state index contributed by atoms with van der Waals surface area (Å²) in [5, 5.41) is 4.33. The van der Waals surface area contributed by atoms with Gasteiger partial charge in [0.15, 0.2) is 5.65 Å². The molecule has 1 N–H and O–H groups in total. The maximum absolute atomic E-state index is 13.5. The number of para-hydroxylation sites is 1. The van der Waals surface area contributed by atoms with E-state index in [2.05, 4.69) is 22.2 Å². The van der Waals surface area contributed by atoms with Crippen LogP contribution >= 0.6 is 0 Å². The Labute approximate surface area is 165 Å². The number of pyridine rings is 2. The van der Waals surface area contributed by atoms with Crippen LogP contribution in [0.15, 0.2) is 48.7 Å². The number of nitrogens with one attached hydrogen (secondary N) is 1. The molecule has 0 aliphatic carbocycles. The molecule has 1 aliphatic heterocycles. The van der Waals surface area contributed by atoms with E-state index >= 15 is 0 Å². The normalized spacial score (nSPS) is 16.9. The summed E-state index contributed by atoms with van der Waals surface area (Å²) in [7, 11) is 0. The van der Waals surface area contributed by atoms with Crippen molar-refractivity contribution in [3.63, 3.8) is 0 Å². The summed E-state index contributed by atoms with van der Waals surface area (Å²) in [4.78, 5) is 24.6. The fourth-order valence-electron chi connectivity index (χ4n) is 3.98. The Kier molecular flexibility index (Phi) is 5.24. The van der Waals surface area contributed by atoms with Crippen molar-refractivity contribution >= 4 is 28.3 Å². The van der Waals surface area contributed by atoms with Crippen LogP contribution in [0.5, 0.6) is 0 Å². The molecule has 144 valence electrons. The van der Waals surface area contributed by atoms with Crippen molar-refractivity contribution in [1.29, 1.82) is 0 Å². The monoisotopic (exact) mass is 374 g/mol. The number of piperidine rings is 1. The molecule has 5 heteroatoms. The summed E-state index contributed by atoms with van der Waals surface area (Å²) >= 11 is 0. The smallest absolute Gasteiger partial charge is 0.257 e. The lowest BCUT2D eigenvalue weighted by atomic mass is 9.98. The predicted octanol–water partition coefficient (Wildman–Crippen LogP) is 5.09. The standard InChI is InChI=1S/C23H26N4O/c1-3-18-11-7-8-14-27(18)23(28)20-15-24-22-19(13-12-16(2)25-22)21(20)26-17-9-5-4-6-10-17/h4-6,9-10,12-13,15,18H,3,7-8,11,14H2,1-2H3,(H,24,25,26). The van der Waals surface area contributed by atoms with E-state index in [4.69, 9.17) is 0 Å². The van der Waals surface area contributed by atoms with Gasteiger partial charge in [0.25, 0.3) is 5.91 Å². The average Bonchev–Trinajstić information content (AvgIpc) is 2.74. The molecule has 4 rings (SSSR count). The summed E-state index contributed by atoms with van der Waals surface area (Å²) < 4.78 is 0. The quantitative estimate of drug-likeness (QED) is 0.691. The zero-order valence-corrected chi connectivity index (χ0v) is 16.5. The number of amides is 1. The Morgan fingerprint density at radius 3 is 2.79 bits per heavy atom. The highest BCUT2D eigenvalue weighted by atomic mass is 16.2. The number of hydrogen-bond acceptors (Lipinski definition) is 4. The van der Waals surface area contributed by atoms with E-state index < -0.39 is 0 Å². The number of carbonyl (C=O) groups excluding carboxylic acids is 1. The zero-order chi connectivity index (χ0) is 19.5. The van der Waals surface area contributed by atoms with Crippen LogP contribution < -0.4 is 5.32 Å². The number of carbonyl (C=O) groups is 1. The van der Waals surface area contributed by atoms with E-state index in [0.717, 1.165) is 48.3 Å². The molecule has 3 aromatic rings. The molecule has 0 saturated carbocycles. The number of rotatable bonds is 4. The minimum atomic E-state index is 0.0555. The molecular formula is C23H26N4O. The second kappa shape index (κ2) is 7.97. The number of likely N-dealkylation sites (tertiary alicyclic amines) is 1. The number of aromatic nitrogens is 2. The Bertz CT molecular complexity index is 987. The van der Waals surface area contributed by atoms with Gasteiger partial charge >= 0.3 is 0 Å². The first kappa shape index (κ1) is 18.4. The third-order valence-corrected chi connectivity index (χ3v) is 5.50. The van der Waals surface area contributed by atoms with Gasteiger partial charge in [0.2, 0.25) is 0 Å². The first-order chi connectivity index (χ1) is 13.7. The lowest BCUT2D eigenvalue weighted by Crippen LogP contribution is -2.43. The van der Waals surface area contributed by atoms with Gasteiger partial charge in [0.1, 0.15) is 0 Å². The lowest BCUT2D eigenvalue weighted by molar-refractivity contribution is 0.0609. The van der Waals surface area contributed by atoms with E-state index in [0.29, 0.717) is 17.3 Å². The van der Waals surface area contributed by atoms with Crippen molar-refractivity contribution < 1.29 is 4.79 Å². The van der Waals surface area contributed by atoms with Crippen molar-refractivity contribution in [3.8, 4) is 0 Å². The first-order valence-electron chi connectivity index (χ1n) is 10.1. The molecule has 1 atom stereocenters. The van der Waals surface area contributed by atoms with Gasteiger partial charge in [0.05, 0.1) is 11.3 Å². The SMILES string of the molecule is CCC1CCCCN1C(=O)c1cnc2nc(C)ccc2c1Nc1ccccc1. The zero-order valence-electron chi connectivity index (χ0n) is 16.5. The second-order valence-corrected chi connectivity index (χ2v) is 7.42. The number of nitrogens with zero attached hydrogens (tertiary/aromatic N) is 3. The molecule has 1 aliphatic rings. The van der Waals surface area contributed by atoms with Gasteiger partial charge < -0.3 is 10.2 Å². The first-order valence-corrected chi connectivity index (χ1v) is 10.1. The highest BCUT2D eigenvalue weighted by molar-refractivity contribution is 6.07. The Morgan fingerprint density at radius 1 is 1.18 bits per heavy atom. The summed E-state index contributed by atoms with van der Waals surface area (Å²) in [6.45, 7) is 4.92. The van der Waals surface area contributed by atoms with Crippen LogP contribution in [-0.4, -0.2) is 33.4 Å². The molecule has 2 aromatic heterocycles. The van der Waals surface area contributed by atoms with Gasteiger partial charge in [-0.25, -0.2) is 9.97 Å². The topological polar surface area (TPSA) is 58.1 Å². The maximum atomic E-state index is 13.5. The molecular weight excluding hydrogens is 348 g/mol. The number of anilines is 2. The molecule has 1 unspecified atom stereocenters. The fraction of sp³-hybridized carbons (Fsp3) is 0.348. The van der Waals surface area contributed by atoms with E-state index in [1.807, 2.05) is 54.3 Å². The second-order valence-electron chi connectivity index (χ2n) is 7.42. The fourth-order valence-corrected chi connectivity index (χ4v) is 3.98. The van der Waals surface area contributed by atoms with Gasteiger partial charge in [-0.15, -0.1) is 0 Å². The van der Waals surface area contributed by atoms with Crippen LogP contribution in [-0.2, 0) is 0 Å². The molecule has 0 radical (unpaired) electrons. The van der Waals surface area contributed by atoms with Crippen LogP contribution in [0.2, 0.25) is 0 Å². The summed E-state index contributed by atoms with van der Waals surface area (Å²) in [6, 6.07) is 14.2. The molecule has 0 bridgehead atoms. The highest BCUT2D eigenvalue weighted by Gasteiger charge is 2.28. The van der Waals surface area contributed by atoms with Crippen LogP contribution in [0.1, 0.15) is 48.7 Å². The van der Waals surface area contributed by atoms with Gasteiger partial charge in [-0.1, -0.05) is 25.1 Å². The van der Waals surface area contributed by atoms with Gasteiger partial charge in [0, 0.05) is 35.6 Å². The molecule has 5 nitrogen and oxygen atoms in total. The Morgan fingerprint density at radius 2 is 2.00 bits per heavy atom. The molecule has 28 heavy (non-hydrogen) atoms. The number of fused-ring (bicyclic) bond motifs is 1. The Hall–Kier alpha value is -2.95. The predicted molar refractivity (Wildman–Crippen MR) is 113 cm³/mol. The van der Waals surface area contributed by atoms with E-state index in [1.165, 1.54) is 6.42 Å². The molecule has 1 amide bonds. The number of aryl methyl sites for hydroxylation is 1. The Balaban J connectivity index is 1.81. The van der Waals surface area contributed by atoms with Crippen molar-refractivity contribution in [2.75, 3.05) is 11.9 Å². The largest absolute Gasteiger partial charge is 0.354 e. The van der Waals surface area contributed by atoms with Crippen molar-refractivity contribution in [2.45, 2.75) is 45.6 Å². The van der Waals surface area contributed by atoms with E-state index in [1.54, 1.807) is 6.20 Å².